The maximum Gasteiger partial charge on any atom is 0.308 e. The molecule has 0 saturated carbocycles. The van der Waals surface area contributed by atoms with Crippen molar-refractivity contribution in [2.75, 3.05) is 32.8 Å². The van der Waals surface area contributed by atoms with E-state index in [1.54, 1.807) is 6.92 Å². The summed E-state index contributed by atoms with van der Waals surface area (Å²) in [7, 11) is 0. The molecule has 0 spiro atoms. The van der Waals surface area contributed by atoms with E-state index in [4.69, 9.17) is 4.74 Å². The van der Waals surface area contributed by atoms with Crippen molar-refractivity contribution in [3.8, 4) is 0 Å². The highest BCUT2D eigenvalue weighted by molar-refractivity contribution is 5.94. The van der Waals surface area contributed by atoms with Crippen molar-refractivity contribution in [3.05, 3.63) is 0 Å². The number of ether oxygens (including phenoxy) is 1. The normalized spacial score (nSPS) is 24.7. The molecule has 0 aromatic heterocycles. The van der Waals surface area contributed by atoms with Gasteiger partial charge in [0.15, 0.2) is 0 Å². The summed E-state index contributed by atoms with van der Waals surface area (Å²) in [5.74, 6) is -1.46. The minimum atomic E-state index is -0.887. The zero-order valence-corrected chi connectivity index (χ0v) is 13.1. The number of hydrogen-bond donors (Lipinski definition) is 3. The topological polar surface area (TPSA) is 117 Å². The van der Waals surface area contributed by atoms with Gasteiger partial charge in [-0.05, 0) is 6.92 Å². The number of nitrogens with one attached hydrogen (secondary N) is 3. The van der Waals surface area contributed by atoms with E-state index >= 15 is 0 Å². The first-order valence-electron chi connectivity index (χ1n) is 7.76. The van der Waals surface area contributed by atoms with E-state index in [1.165, 1.54) is 4.90 Å². The quantitative estimate of drug-likeness (QED) is 0.491. The minimum absolute atomic E-state index is 0.0432. The van der Waals surface area contributed by atoms with Crippen LogP contribution in [-0.2, 0) is 23.9 Å². The highest BCUT2D eigenvalue weighted by Crippen LogP contribution is 2.13. The number of amides is 3. The Morgan fingerprint density at radius 1 is 1.13 bits per heavy atom. The summed E-state index contributed by atoms with van der Waals surface area (Å²) in [5, 5.41) is 8.30. The van der Waals surface area contributed by atoms with Gasteiger partial charge in [0.2, 0.25) is 17.7 Å². The molecule has 0 radical (unpaired) electrons. The monoisotopic (exact) mass is 326 g/mol. The lowest BCUT2D eigenvalue weighted by atomic mass is 10.1. The first-order valence-corrected chi connectivity index (χ1v) is 7.76. The molecular formula is C14H22N4O5. The van der Waals surface area contributed by atoms with Crippen molar-refractivity contribution >= 4 is 23.7 Å². The van der Waals surface area contributed by atoms with Gasteiger partial charge in [-0.2, -0.15) is 0 Å². The second kappa shape index (κ2) is 7.91. The lowest BCUT2D eigenvalue weighted by Crippen LogP contribution is -2.60. The Morgan fingerprint density at radius 2 is 1.87 bits per heavy atom. The second-order valence-corrected chi connectivity index (χ2v) is 5.40. The predicted octanol–water partition coefficient (Wildman–Crippen LogP) is -2.26. The predicted molar refractivity (Wildman–Crippen MR) is 79.2 cm³/mol. The summed E-state index contributed by atoms with van der Waals surface area (Å²) in [6, 6.07) is -1.49. The van der Waals surface area contributed by atoms with Crippen LogP contribution in [0.3, 0.4) is 0 Å². The molecule has 2 atom stereocenters. The molecule has 2 rings (SSSR count). The molecule has 9 nitrogen and oxygen atoms in total. The van der Waals surface area contributed by atoms with Gasteiger partial charge in [-0.1, -0.05) is 0 Å². The largest absolute Gasteiger partial charge is 0.466 e. The van der Waals surface area contributed by atoms with E-state index in [0.29, 0.717) is 26.2 Å². The molecular weight excluding hydrogens is 304 g/mol. The van der Waals surface area contributed by atoms with Gasteiger partial charge in [-0.15, -0.1) is 0 Å². The molecule has 2 fully saturated rings. The van der Waals surface area contributed by atoms with Gasteiger partial charge in [0.05, 0.1) is 25.5 Å². The molecule has 2 aliphatic rings. The van der Waals surface area contributed by atoms with Crippen molar-refractivity contribution in [2.45, 2.75) is 31.8 Å². The molecule has 0 aromatic rings. The zero-order valence-electron chi connectivity index (χ0n) is 13.1. The van der Waals surface area contributed by atoms with E-state index in [-0.39, 0.29) is 37.2 Å². The van der Waals surface area contributed by atoms with Crippen LogP contribution in [0.2, 0.25) is 0 Å². The van der Waals surface area contributed by atoms with Crippen LogP contribution in [0, 0.1) is 0 Å². The van der Waals surface area contributed by atoms with Gasteiger partial charge >= 0.3 is 5.97 Å². The molecule has 0 bridgehead atoms. The first kappa shape index (κ1) is 17.2. The van der Waals surface area contributed by atoms with E-state index in [2.05, 4.69) is 16.0 Å². The fraction of sp³-hybridized carbons (Fsp3) is 0.714. The van der Waals surface area contributed by atoms with Gasteiger partial charge in [0.25, 0.3) is 0 Å². The number of carbonyl (C=O) groups excluding carboxylic acids is 4. The Morgan fingerprint density at radius 3 is 2.57 bits per heavy atom. The van der Waals surface area contributed by atoms with Crippen LogP contribution in [0.5, 0.6) is 0 Å². The number of piperazine rings is 2. The van der Waals surface area contributed by atoms with Crippen LogP contribution < -0.4 is 16.0 Å². The zero-order chi connectivity index (χ0) is 16.8. The van der Waals surface area contributed by atoms with Crippen LogP contribution in [0.25, 0.3) is 0 Å². The van der Waals surface area contributed by atoms with Crippen molar-refractivity contribution < 1.29 is 23.9 Å². The molecule has 2 heterocycles. The van der Waals surface area contributed by atoms with E-state index in [9.17, 15) is 19.2 Å². The Labute approximate surface area is 134 Å². The van der Waals surface area contributed by atoms with Gasteiger partial charge in [0.1, 0.15) is 6.04 Å². The first-order chi connectivity index (χ1) is 11.0. The fourth-order valence-corrected chi connectivity index (χ4v) is 2.70. The average molecular weight is 326 g/mol. The Hall–Kier alpha value is -2.16. The lowest BCUT2D eigenvalue weighted by molar-refractivity contribution is -0.152. The summed E-state index contributed by atoms with van der Waals surface area (Å²) in [4.78, 5) is 49.2. The van der Waals surface area contributed by atoms with Gasteiger partial charge in [0, 0.05) is 26.2 Å². The molecule has 128 valence electrons. The van der Waals surface area contributed by atoms with Gasteiger partial charge in [-0.25, -0.2) is 0 Å². The maximum absolute atomic E-state index is 12.5. The summed E-state index contributed by atoms with van der Waals surface area (Å²) in [6.07, 6.45) is -0.228. The van der Waals surface area contributed by atoms with Crippen LogP contribution >= 0.6 is 0 Å². The van der Waals surface area contributed by atoms with Crippen LogP contribution in [-0.4, -0.2) is 73.5 Å². The van der Waals surface area contributed by atoms with Gasteiger partial charge in [-0.3, -0.25) is 19.2 Å². The number of rotatable bonds is 5. The van der Waals surface area contributed by atoms with Crippen LogP contribution in [0.4, 0.5) is 0 Å². The third-order valence-electron chi connectivity index (χ3n) is 3.83. The molecule has 3 N–H and O–H groups in total. The Kier molecular flexibility index (Phi) is 5.91. The second-order valence-electron chi connectivity index (χ2n) is 5.40. The molecule has 9 heteroatoms. The summed E-state index contributed by atoms with van der Waals surface area (Å²) in [6.45, 7) is 3.65. The molecule has 2 saturated heterocycles. The molecule has 0 aliphatic carbocycles. The lowest BCUT2D eigenvalue weighted by Gasteiger charge is -2.35. The van der Waals surface area contributed by atoms with Crippen molar-refractivity contribution in [2.24, 2.45) is 0 Å². The third-order valence-corrected chi connectivity index (χ3v) is 3.83. The van der Waals surface area contributed by atoms with Crippen molar-refractivity contribution in [1.29, 1.82) is 0 Å². The number of carbonyl (C=O) groups is 4. The molecule has 2 aliphatic heterocycles. The van der Waals surface area contributed by atoms with E-state index < -0.39 is 18.1 Å². The summed E-state index contributed by atoms with van der Waals surface area (Å²) < 4.78 is 4.85. The summed E-state index contributed by atoms with van der Waals surface area (Å²) >= 11 is 0. The maximum atomic E-state index is 12.5. The Bertz CT molecular complexity index is 496. The highest BCUT2D eigenvalue weighted by atomic mass is 16.5. The Balaban J connectivity index is 2.01. The summed E-state index contributed by atoms with van der Waals surface area (Å²) in [5.41, 5.74) is 0. The SMILES string of the molecule is CCOC(=O)CC1C(=O)NCCN1C(=O)CC1NCCNC1=O. The van der Waals surface area contributed by atoms with E-state index in [0.717, 1.165) is 0 Å². The van der Waals surface area contributed by atoms with Crippen LogP contribution in [0.15, 0.2) is 0 Å². The number of hydrogen-bond acceptors (Lipinski definition) is 6. The molecule has 3 amide bonds. The number of nitrogens with zero attached hydrogens (tertiary/aromatic N) is 1. The van der Waals surface area contributed by atoms with E-state index in [1.807, 2.05) is 0 Å². The number of esters is 1. The highest BCUT2D eigenvalue weighted by Gasteiger charge is 2.36. The molecule has 0 aromatic carbocycles. The molecule has 23 heavy (non-hydrogen) atoms. The minimum Gasteiger partial charge on any atom is -0.466 e. The van der Waals surface area contributed by atoms with Gasteiger partial charge < -0.3 is 25.6 Å². The van der Waals surface area contributed by atoms with Crippen molar-refractivity contribution in [3.63, 3.8) is 0 Å². The standard InChI is InChI=1S/C14H22N4O5/c1-2-23-12(20)8-10-14(22)17-5-6-18(10)11(19)7-9-13(21)16-4-3-15-9/h9-10,15H,2-8H2,1H3,(H,16,21)(H,17,22). The smallest absolute Gasteiger partial charge is 0.308 e. The third kappa shape index (κ3) is 4.41. The van der Waals surface area contributed by atoms with Crippen LogP contribution in [0.1, 0.15) is 19.8 Å². The molecule has 2 unspecified atom stereocenters. The average Bonchev–Trinajstić information content (AvgIpc) is 2.51. The van der Waals surface area contributed by atoms with Crippen molar-refractivity contribution in [1.82, 2.24) is 20.9 Å². The fourth-order valence-electron chi connectivity index (χ4n) is 2.70.